The van der Waals surface area contributed by atoms with E-state index in [1.165, 1.54) is 4.57 Å². The van der Waals surface area contributed by atoms with Gasteiger partial charge in [-0.05, 0) is 12.1 Å². The van der Waals surface area contributed by atoms with Crippen LogP contribution in [0.15, 0.2) is 65.5 Å². The number of nitrogens with zero attached hydrogens (tertiary/aromatic N) is 3. The van der Waals surface area contributed by atoms with Gasteiger partial charge in [0, 0.05) is 18.3 Å². The minimum Gasteiger partial charge on any atom is -0.326 e. The van der Waals surface area contributed by atoms with E-state index in [1.54, 1.807) is 7.05 Å². The Hall–Kier alpha value is -3.39. The minimum absolute atomic E-state index is 0.0392. The van der Waals surface area contributed by atoms with Crippen molar-refractivity contribution in [3.8, 4) is 17.3 Å². The van der Waals surface area contributed by atoms with Crippen LogP contribution < -0.4 is 10.9 Å². The highest BCUT2D eigenvalue weighted by molar-refractivity contribution is 5.68. The van der Waals surface area contributed by atoms with Crippen LogP contribution in [0.4, 0.5) is 11.6 Å². The van der Waals surface area contributed by atoms with Gasteiger partial charge in [-0.3, -0.25) is 9.36 Å². The van der Waals surface area contributed by atoms with Crippen molar-refractivity contribution in [2.45, 2.75) is 0 Å². The van der Waals surface area contributed by atoms with E-state index in [0.717, 1.165) is 11.3 Å². The first kappa shape index (κ1) is 14.5. The first-order valence-corrected chi connectivity index (χ1v) is 7.09. The van der Waals surface area contributed by atoms with Gasteiger partial charge in [-0.25, -0.2) is 4.98 Å². The second kappa shape index (κ2) is 6.16. The van der Waals surface area contributed by atoms with Crippen LogP contribution in [0.2, 0.25) is 0 Å². The van der Waals surface area contributed by atoms with Crippen LogP contribution in [0, 0.1) is 11.3 Å². The summed E-state index contributed by atoms with van der Waals surface area (Å²) in [6, 6.07) is 20.6. The number of nitriles is 1. The Labute approximate surface area is 133 Å². The molecule has 0 saturated carbocycles. The predicted molar refractivity (Wildman–Crippen MR) is 89.4 cm³/mol. The molecule has 0 aliphatic rings. The van der Waals surface area contributed by atoms with Gasteiger partial charge >= 0.3 is 0 Å². The summed E-state index contributed by atoms with van der Waals surface area (Å²) < 4.78 is 1.35. The molecule has 1 heterocycles. The molecule has 5 heteroatoms. The number of hydrogen-bond acceptors (Lipinski definition) is 4. The molecule has 5 nitrogen and oxygen atoms in total. The summed E-state index contributed by atoms with van der Waals surface area (Å²) in [5, 5.41) is 12.5. The first-order chi connectivity index (χ1) is 11.2. The summed E-state index contributed by atoms with van der Waals surface area (Å²) in [7, 11) is 1.59. The van der Waals surface area contributed by atoms with Crippen molar-refractivity contribution in [3.05, 3.63) is 76.6 Å². The zero-order valence-electron chi connectivity index (χ0n) is 12.5. The Morgan fingerprint density at radius 1 is 1.04 bits per heavy atom. The summed E-state index contributed by atoms with van der Waals surface area (Å²) in [4.78, 5) is 17.0. The molecule has 0 unspecified atom stereocenters. The lowest BCUT2D eigenvalue weighted by atomic mass is 10.1. The lowest BCUT2D eigenvalue weighted by Gasteiger charge is -2.13. The van der Waals surface area contributed by atoms with Gasteiger partial charge in [0.1, 0.15) is 11.6 Å². The second-order valence-electron chi connectivity index (χ2n) is 4.99. The summed E-state index contributed by atoms with van der Waals surface area (Å²) in [5.74, 6) is 0.388. The topological polar surface area (TPSA) is 70.7 Å². The van der Waals surface area contributed by atoms with Crippen LogP contribution in [0.25, 0.3) is 11.3 Å². The third kappa shape index (κ3) is 2.83. The fourth-order valence-electron chi connectivity index (χ4n) is 2.27. The van der Waals surface area contributed by atoms with E-state index in [4.69, 9.17) is 0 Å². The average Bonchev–Trinajstić information content (AvgIpc) is 2.60. The van der Waals surface area contributed by atoms with Crippen molar-refractivity contribution in [2.24, 2.45) is 7.05 Å². The van der Waals surface area contributed by atoms with Crippen molar-refractivity contribution in [2.75, 3.05) is 5.32 Å². The lowest BCUT2D eigenvalue weighted by molar-refractivity contribution is 0.835. The maximum atomic E-state index is 12.5. The Balaban J connectivity index is 2.17. The molecule has 1 N–H and O–H groups in total. The van der Waals surface area contributed by atoms with Crippen LogP contribution in [0.5, 0.6) is 0 Å². The van der Waals surface area contributed by atoms with E-state index < -0.39 is 0 Å². The Kier molecular flexibility index (Phi) is 3.89. The van der Waals surface area contributed by atoms with Crippen LogP contribution >= 0.6 is 0 Å². The van der Waals surface area contributed by atoms with E-state index in [2.05, 4.69) is 10.3 Å². The number of benzene rings is 2. The highest BCUT2D eigenvalue weighted by Gasteiger charge is 2.16. The molecule has 3 aromatic rings. The second-order valence-corrected chi connectivity index (χ2v) is 4.99. The predicted octanol–water partition coefficient (Wildman–Crippen LogP) is 3.06. The number of aromatic nitrogens is 2. The summed E-state index contributed by atoms with van der Waals surface area (Å²) in [5.41, 5.74) is 1.60. The Morgan fingerprint density at radius 2 is 1.65 bits per heavy atom. The quantitative estimate of drug-likeness (QED) is 0.807. The highest BCUT2D eigenvalue weighted by Crippen LogP contribution is 2.21. The average molecular weight is 302 g/mol. The minimum atomic E-state index is -0.375. The molecule has 0 fully saturated rings. The van der Waals surface area contributed by atoms with Crippen LogP contribution in [-0.4, -0.2) is 9.55 Å². The summed E-state index contributed by atoms with van der Waals surface area (Å²) >= 11 is 0. The van der Waals surface area contributed by atoms with Crippen LogP contribution in [0.3, 0.4) is 0 Å². The van der Waals surface area contributed by atoms with Crippen molar-refractivity contribution < 1.29 is 0 Å². The van der Waals surface area contributed by atoms with E-state index >= 15 is 0 Å². The van der Waals surface area contributed by atoms with Crippen molar-refractivity contribution in [1.29, 1.82) is 5.26 Å². The molecule has 0 spiro atoms. The number of rotatable bonds is 3. The normalized spacial score (nSPS) is 10.1. The molecular formula is C18H14N4O. The third-order valence-corrected chi connectivity index (χ3v) is 3.48. The molecule has 3 rings (SSSR count). The van der Waals surface area contributed by atoms with E-state index in [1.807, 2.05) is 66.7 Å². The fourth-order valence-corrected chi connectivity index (χ4v) is 2.27. The first-order valence-electron chi connectivity index (χ1n) is 7.09. The summed E-state index contributed by atoms with van der Waals surface area (Å²) in [6.07, 6.45) is 0. The number of nitrogens with one attached hydrogen (secondary N) is 1. The van der Waals surface area contributed by atoms with Gasteiger partial charge in [0.2, 0.25) is 5.95 Å². The summed E-state index contributed by atoms with van der Waals surface area (Å²) in [6.45, 7) is 0. The van der Waals surface area contributed by atoms with Gasteiger partial charge < -0.3 is 5.32 Å². The Morgan fingerprint density at radius 3 is 2.26 bits per heavy atom. The maximum absolute atomic E-state index is 12.5. The van der Waals surface area contributed by atoms with E-state index in [0.29, 0.717) is 11.6 Å². The molecule has 0 radical (unpaired) electrons. The number of anilines is 2. The zero-order valence-corrected chi connectivity index (χ0v) is 12.5. The molecule has 112 valence electrons. The molecule has 0 amide bonds. The molecule has 0 aliphatic heterocycles. The van der Waals surface area contributed by atoms with Crippen LogP contribution in [0.1, 0.15) is 5.56 Å². The fraction of sp³-hybridized carbons (Fsp3) is 0.0556. The molecule has 2 aromatic carbocycles. The van der Waals surface area contributed by atoms with Gasteiger partial charge in [-0.15, -0.1) is 0 Å². The van der Waals surface area contributed by atoms with Crippen molar-refractivity contribution >= 4 is 11.6 Å². The molecule has 0 saturated heterocycles. The molecule has 23 heavy (non-hydrogen) atoms. The largest absolute Gasteiger partial charge is 0.326 e. The molecular weight excluding hydrogens is 288 g/mol. The standard InChI is InChI=1S/C18H14N4O/c1-22-17(23)15(12-19)16(13-8-4-2-5-9-13)21-18(22)20-14-10-6-3-7-11-14/h2-11H,1H3,(H,20,21). The molecule has 0 bridgehead atoms. The molecule has 1 aromatic heterocycles. The van der Waals surface area contributed by atoms with Gasteiger partial charge in [0.15, 0.2) is 0 Å². The number of para-hydroxylation sites is 1. The van der Waals surface area contributed by atoms with Gasteiger partial charge in [-0.1, -0.05) is 48.5 Å². The molecule has 0 aliphatic carbocycles. The van der Waals surface area contributed by atoms with Crippen molar-refractivity contribution in [3.63, 3.8) is 0 Å². The molecule has 0 atom stereocenters. The maximum Gasteiger partial charge on any atom is 0.273 e. The van der Waals surface area contributed by atoms with Crippen molar-refractivity contribution in [1.82, 2.24) is 9.55 Å². The van der Waals surface area contributed by atoms with Gasteiger partial charge in [0.25, 0.3) is 5.56 Å². The Bertz CT molecular complexity index is 925. The highest BCUT2D eigenvalue weighted by atomic mass is 16.1. The third-order valence-electron chi connectivity index (χ3n) is 3.48. The van der Waals surface area contributed by atoms with Gasteiger partial charge in [0.05, 0.1) is 5.69 Å². The SMILES string of the molecule is Cn1c(Nc2ccccc2)nc(-c2ccccc2)c(C#N)c1=O. The van der Waals surface area contributed by atoms with Gasteiger partial charge in [-0.2, -0.15) is 5.26 Å². The van der Waals surface area contributed by atoms with E-state index in [9.17, 15) is 10.1 Å². The van der Waals surface area contributed by atoms with E-state index in [-0.39, 0.29) is 11.1 Å². The monoisotopic (exact) mass is 302 g/mol. The number of hydrogen-bond donors (Lipinski definition) is 1. The zero-order chi connectivity index (χ0) is 16.2. The van der Waals surface area contributed by atoms with Crippen LogP contribution in [-0.2, 0) is 7.05 Å². The smallest absolute Gasteiger partial charge is 0.273 e. The lowest BCUT2D eigenvalue weighted by Crippen LogP contribution is -2.24.